The van der Waals surface area contributed by atoms with Crippen LogP contribution < -0.4 is 0 Å². The van der Waals surface area contributed by atoms with Gasteiger partial charge in [0, 0.05) is 7.05 Å². The molecule has 0 saturated heterocycles. The molecule has 0 amide bonds. The van der Waals surface area contributed by atoms with Crippen LogP contribution in [0.25, 0.3) is 0 Å². The van der Waals surface area contributed by atoms with Crippen LogP contribution in [-0.4, -0.2) is 19.9 Å². The van der Waals surface area contributed by atoms with Gasteiger partial charge < -0.3 is 9.67 Å². The van der Waals surface area contributed by atoms with E-state index in [-0.39, 0.29) is 0 Å². The van der Waals surface area contributed by atoms with Gasteiger partial charge in [-0.1, -0.05) is 0 Å². The summed E-state index contributed by atoms with van der Waals surface area (Å²) in [5.41, 5.74) is -0.685. The highest BCUT2D eigenvalue weighted by atomic mass is 16.3. The van der Waals surface area contributed by atoms with Crippen molar-refractivity contribution in [3.63, 3.8) is 0 Å². The maximum Gasteiger partial charge on any atom is 0.164 e. The molecule has 4 nitrogen and oxygen atoms in total. The second kappa shape index (κ2) is 2.29. The van der Waals surface area contributed by atoms with Gasteiger partial charge in [-0.2, -0.15) is 0 Å². The number of nitrogens with zero attached hydrogens (tertiary/aromatic N) is 3. The highest BCUT2D eigenvalue weighted by Crippen LogP contribution is 2.39. The quantitative estimate of drug-likeness (QED) is 0.662. The molecule has 66 valence electrons. The maximum atomic E-state index is 9.95. The summed E-state index contributed by atoms with van der Waals surface area (Å²) in [6.45, 7) is 1.89. The fourth-order valence-corrected chi connectivity index (χ4v) is 1.55. The van der Waals surface area contributed by atoms with Gasteiger partial charge in [-0.25, -0.2) is 0 Å². The molecule has 1 N–H and O–H groups in total. The molecule has 1 aromatic heterocycles. The molecule has 0 atom stereocenters. The van der Waals surface area contributed by atoms with Crippen LogP contribution in [0.2, 0.25) is 0 Å². The van der Waals surface area contributed by atoms with Gasteiger partial charge in [-0.05, 0) is 26.2 Å². The summed E-state index contributed by atoms with van der Waals surface area (Å²) in [4.78, 5) is 0. The number of hydrogen-bond donors (Lipinski definition) is 1. The lowest BCUT2D eigenvalue weighted by Gasteiger charge is -2.35. The van der Waals surface area contributed by atoms with E-state index in [0.717, 1.165) is 25.1 Å². The molecule has 1 aliphatic rings. The van der Waals surface area contributed by atoms with Crippen molar-refractivity contribution in [3.05, 3.63) is 11.6 Å². The Morgan fingerprint density at radius 1 is 1.42 bits per heavy atom. The zero-order valence-corrected chi connectivity index (χ0v) is 7.41. The number of aliphatic hydroxyl groups is 1. The van der Waals surface area contributed by atoms with E-state index in [4.69, 9.17) is 0 Å². The van der Waals surface area contributed by atoms with Crippen LogP contribution in [0.4, 0.5) is 0 Å². The monoisotopic (exact) mass is 167 g/mol. The lowest BCUT2D eigenvalue weighted by molar-refractivity contribution is -0.0492. The average molecular weight is 167 g/mol. The summed E-state index contributed by atoms with van der Waals surface area (Å²) in [5, 5.41) is 17.8. The van der Waals surface area contributed by atoms with E-state index in [2.05, 4.69) is 10.2 Å². The average Bonchev–Trinajstić information content (AvgIpc) is 2.29. The molecule has 1 fully saturated rings. The Hall–Kier alpha value is -0.900. The summed E-state index contributed by atoms with van der Waals surface area (Å²) < 4.78 is 1.86. The van der Waals surface area contributed by atoms with Crippen LogP contribution in [0.5, 0.6) is 0 Å². The SMILES string of the molecule is Cc1nnc(C2(O)CCC2)n1C. The van der Waals surface area contributed by atoms with Crippen molar-refractivity contribution < 1.29 is 5.11 Å². The van der Waals surface area contributed by atoms with Crippen LogP contribution in [0.3, 0.4) is 0 Å². The Kier molecular flexibility index (Phi) is 1.48. The van der Waals surface area contributed by atoms with Gasteiger partial charge in [-0.15, -0.1) is 10.2 Å². The van der Waals surface area contributed by atoms with E-state index in [1.165, 1.54) is 0 Å². The van der Waals surface area contributed by atoms with E-state index in [0.29, 0.717) is 5.82 Å². The Morgan fingerprint density at radius 3 is 2.42 bits per heavy atom. The molecular formula is C8H13N3O. The lowest BCUT2D eigenvalue weighted by Crippen LogP contribution is -2.36. The fraction of sp³-hybridized carbons (Fsp3) is 0.750. The summed E-state index contributed by atoms with van der Waals surface area (Å²) in [7, 11) is 1.89. The van der Waals surface area contributed by atoms with Crippen molar-refractivity contribution >= 4 is 0 Å². The number of rotatable bonds is 1. The van der Waals surface area contributed by atoms with Gasteiger partial charge >= 0.3 is 0 Å². The van der Waals surface area contributed by atoms with Crippen LogP contribution in [-0.2, 0) is 12.6 Å². The van der Waals surface area contributed by atoms with E-state index >= 15 is 0 Å². The molecule has 1 aromatic rings. The van der Waals surface area contributed by atoms with Gasteiger partial charge in [0.1, 0.15) is 11.4 Å². The Balaban J connectivity index is 2.39. The molecule has 2 rings (SSSR count). The second-order valence-corrected chi connectivity index (χ2v) is 3.51. The third kappa shape index (κ3) is 0.876. The minimum absolute atomic E-state index is 0.685. The standard InChI is InChI=1S/C8H13N3O/c1-6-9-10-7(11(6)2)8(12)4-3-5-8/h12H,3-5H2,1-2H3. The van der Waals surface area contributed by atoms with Gasteiger partial charge in [0.05, 0.1) is 0 Å². The topological polar surface area (TPSA) is 50.9 Å². The van der Waals surface area contributed by atoms with Gasteiger partial charge in [0.2, 0.25) is 0 Å². The minimum Gasteiger partial charge on any atom is -0.382 e. The molecule has 1 aliphatic carbocycles. The van der Waals surface area contributed by atoms with E-state index in [1.54, 1.807) is 0 Å². The smallest absolute Gasteiger partial charge is 0.164 e. The van der Waals surface area contributed by atoms with E-state index < -0.39 is 5.60 Å². The molecule has 0 spiro atoms. The predicted octanol–water partition coefficient (Wildman–Crippen LogP) is 0.495. The third-order valence-corrected chi connectivity index (χ3v) is 2.69. The number of aryl methyl sites for hydroxylation is 1. The summed E-state index contributed by atoms with van der Waals surface area (Å²) in [6, 6.07) is 0. The molecule has 1 saturated carbocycles. The van der Waals surface area contributed by atoms with Crippen molar-refractivity contribution in [1.29, 1.82) is 0 Å². The molecule has 0 aromatic carbocycles. The first-order valence-corrected chi connectivity index (χ1v) is 4.22. The van der Waals surface area contributed by atoms with Crippen molar-refractivity contribution in [2.24, 2.45) is 7.05 Å². The van der Waals surface area contributed by atoms with Crippen LogP contribution >= 0.6 is 0 Å². The lowest BCUT2D eigenvalue weighted by atomic mass is 9.79. The highest BCUT2D eigenvalue weighted by molar-refractivity contribution is 5.08. The summed E-state index contributed by atoms with van der Waals surface area (Å²) in [5.74, 6) is 1.57. The molecule has 1 heterocycles. The van der Waals surface area contributed by atoms with Crippen molar-refractivity contribution in [2.45, 2.75) is 31.8 Å². The molecule has 0 bridgehead atoms. The van der Waals surface area contributed by atoms with E-state index in [9.17, 15) is 5.11 Å². The largest absolute Gasteiger partial charge is 0.382 e. The third-order valence-electron chi connectivity index (χ3n) is 2.69. The predicted molar refractivity (Wildman–Crippen MR) is 43.5 cm³/mol. The van der Waals surface area contributed by atoms with Crippen molar-refractivity contribution in [1.82, 2.24) is 14.8 Å². The van der Waals surface area contributed by atoms with Crippen LogP contribution in [0.1, 0.15) is 30.9 Å². The molecule has 12 heavy (non-hydrogen) atoms. The van der Waals surface area contributed by atoms with E-state index in [1.807, 2.05) is 18.5 Å². The normalized spacial score (nSPS) is 20.6. The molecular weight excluding hydrogens is 154 g/mol. The minimum atomic E-state index is -0.685. The van der Waals surface area contributed by atoms with Crippen LogP contribution in [0, 0.1) is 6.92 Å². The highest BCUT2D eigenvalue weighted by Gasteiger charge is 2.40. The van der Waals surface area contributed by atoms with Gasteiger partial charge in [0.25, 0.3) is 0 Å². The zero-order valence-electron chi connectivity index (χ0n) is 7.41. The van der Waals surface area contributed by atoms with Gasteiger partial charge in [-0.3, -0.25) is 0 Å². The molecule has 0 aliphatic heterocycles. The van der Waals surface area contributed by atoms with Crippen LogP contribution in [0.15, 0.2) is 0 Å². The molecule has 4 heteroatoms. The molecule has 0 unspecified atom stereocenters. The Bertz CT molecular complexity index is 301. The maximum absolute atomic E-state index is 9.95. The fourth-order valence-electron chi connectivity index (χ4n) is 1.55. The van der Waals surface area contributed by atoms with Gasteiger partial charge in [0.15, 0.2) is 5.82 Å². The number of aromatic nitrogens is 3. The first-order valence-electron chi connectivity index (χ1n) is 4.22. The Morgan fingerprint density at radius 2 is 2.08 bits per heavy atom. The first kappa shape index (κ1) is 7.73. The van der Waals surface area contributed by atoms with Crippen molar-refractivity contribution in [3.8, 4) is 0 Å². The molecule has 0 radical (unpaired) electrons. The number of hydrogen-bond acceptors (Lipinski definition) is 3. The Labute approximate surface area is 71.2 Å². The first-order chi connectivity index (χ1) is 5.63. The summed E-state index contributed by atoms with van der Waals surface area (Å²) >= 11 is 0. The van der Waals surface area contributed by atoms with Crippen molar-refractivity contribution in [2.75, 3.05) is 0 Å². The second-order valence-electron chi connectivity index (χ2n) is 3.51. The zero-order chi connectivity index (χ0) is 8.77. The summed E-state index contributed by atoms with van der Waals surface area (Å²) in [6.07, 6.45) is 2.72.